The zero-order chi connectivity index (χ0) is 16.1. The summed E-state index contributed by atoms with van der Waals surface area (Å²) in [4.78, 5) is 23.3. The van der Waals surface area contributed by atoms with Crippen LogP contribution >= 0.6 is 11.6 Å². The molecule has 0 aliphatic heterocycles. The monoisotopic (exact) mass is 316 g/mol. The molecule has 0 radical (unpaired) electrons. The Bertz CT molecular complexity index is 714. The smallest absolute Gasteiger partial charge is 0.228 e. The van der Waals surface area contributed by atoms with Gasteiger partial charge in [-0.15, -0.1) is 0 Å². The summed E-state index contributed by atoms with van der Waals surface area (Å²) in [6.45, 7) is 3.29. The van der Waals surface area contributed by atoms with E-state index in [0.717, 1.165) is 11.1 Å². The number of carbonyl (C=O) groups is 2. The third kappa shape index (κ3) is 4.09. The van der Waals surface area contributed by atoms with Gasteiger partial charge in [0.1, 0.15) is 0 Å². The topological polar surface area (TPSA) is 58.2 Å². The van der Waals surface area contributed by atoms with Gasteiger partial charge in [0.15, 0.2) is 0 Å². The van der Waals surface area contributed by atoms with Crippen molar-refractivity contribution in [2.24, 2.45) is 0 Å². The predicted molar refractivity (Wildman–Crippen MR) is 89.3 cm³/mol. The van der Waals surface area contributed by atoms with Crippen LogP contribution in [-0.4, -0.2) is 11.8 Å². The molecule has 0 heterocycles. The number of hydrogen-bond acceptors (Lipinski definition) is 2. The lowest BCUT2D eigenvalue weighted by Crippen LogP contribution is -2.16. The van der Waals surface area contributed by atoms with Crippen LogP contribution in [0.3, 0.4) is 0 Å². The van der Waals surface area contributed by atoms with E-state index in [9.17, 15) is 9.59 Å². The third-order valence-electron chi connectivity index (χ3n) is 3.23. The summed E-state index contributed by atoms with van der Waals surface area (Å²) >= 11 is 6.06. The van der Waals surface area contributed by atoms with Gasteiger partial charge in [0.05, 0.1) is 6.42 Å². The lowest BCUT2D eigenvalue weighted by Gasteiger charge is -2.13. The molecule has 2 N–H and O–H groups in total. The molecule has 0 aliphatic carbocycles. The van der Waals surface area contributed by atoms with E-state index in [-0.39, 0.29) is 18.2 Å². The molecule has 0 saturated carbocycles. The van der Waals surface area contributed by atoms with Gasteiger partial charge in [-0.1, -0.05) is 35.9 Å². The van der Waals surface area contributed by atoms with Gasteiger partial charge in [0, 0.05) is 23.3 Å². The van der Waals surface area contributed by atoms with Gasteiger partial charge >= 0.3 is 0 Å². The van der Waals surface area contributed by atoms with Crippen molar-refractivity contribution < 1.29 is 9.59 Å². The fourth-order valence-electron chi connectivity index (χ4n) is 2.11. The van der Waals surface area contributed by atoms with Crippen molar-refractivity contribution in [3.8, 4) is 0 Å². The average Bonchev–Trinajstić information content (AvgIpc) is 2.45. The number of hydrogen-bond donors (Lipinski definition) is 2. The summed E-state index contributed by atoms with van der Waals surface area (Å²) in [5.41, 5.74) is 2.94. The molecule has 0 aromatic heterocycles. The van der Waals surface area contributed by atoms with E-state index in [1.165, 1.54) is 6.92 Å². The van der Waals surface area contributed by atoms with Gasteiger partial charge in [0.2, 0.25) is 11.8 Å². The number of amides is 2. The van der Waals surface area contributed by atoms with Crippen molar-refractivity contribution in [3.05, 3.63) is 58.6 Å². The van der Waals surface area contributed by atoms with Crippen LogP contribution in [0.1, 0.15) is 18.1 Å². The van der Waals surface area contributed by atoms with Gasteiger partial charge in [-0.2, -0.15) is 0 Å². The molecule has 0 spiro atoms. The molecule has 114 valence electrons. The second-order valence-corrected chi connectivity index (χ2v) is 5.38. The molecule has 0 fully saturated rings. The average molecular weight is 317 g/mol. The van der Waals surface area contributed by atoms with E-state index in [4.69, 9.17) is 11.6 Å². The highest BCUT2D eigenvalue weighted by molar-refractivity contribution is 6.31. The summed E-state index contributed by atoms with van der Waals surface area (Å²) < 4.78 is 0. The minimum atomic E-state index is -0.156. The van der Waals surface area contributed by atoms with Crippen LogP contribution in [0.5, 0.6) is 0 Å². The van der Waals surface area contributed by atoms with E-state index in [1.54, 1.807) is 24.3 Å². The van der Waals surface area contributed by atoms with Crippen molar-refractivity contribution in [2.75, 3.05) is 10.6 Å². The molecule has 0 atom stereocenters. The van der Waals surface area contributed by atoms with Crippen molar-refractivity contribution >= 4 is 34.8 Å². The maximum Gasteiger partial charge on any atom is 0.228 e. The van der Waals surface area contributed by atoms with Crippen LogP contribution in [0.15, 0.2) is 42.5 Å². The Kier molecular flexibility index (Phi) is 5.17. The number of rotatable bonds is 4. The van der Waals surface area contributed by atoms with Crippen LogP contribution in [0, 0.1) is 6.92 Å². The maximum absolute atomic E-state index is 12.2. The van der Waals surface area contributed by atoms with Gasteiger partial charge in [0.25, 0.3) is 0 Å². The van der Waals surface area contributed by atoms with Crippen LogP contribution < -0.4 is 10.6 Å². The Morgan fingerprint density at radius 3 is 2.27 bits per heavy atom. The number of nitrogens with one attached hydrogen (secondary N) is 2. The summed E-state index contributed by atoms with van der Waals surface area (Å²) in [5, 5.41) is 6.16. The summed E-state index contributed by atoms with van der Waals surface area (Å²) in [7, 11) is 0. The summed E-state index contributed by atoms with van der Waals surface area (Å²) in [6.07, 6.45) is 0.198. The zero-order valence-electron chi connectivity index (χ0n) is 12.4. The Hall–Kier alpha value is -2.33. The third-order valence-corrected chi connectivity index (χ3v) is 3.60. The normalized spacial score (nSPS) is 10.1. The molecule has 4 nitrogen and oxygen atoms in total. The van der Waals surface area contributed by atoms with E-state index in [0.29, 0.717) is 16.4 Å². The Labute approximate surface area is 134 Å². The summed E-state index contributed by atoms with van der Waals surface area (Å²) in [5.74, 6) is -0.307. The molecule has 0 saturated heterocycles. The first-order chi connectivity index (χ1) is 10.5. The molecule has 2 rings (SSSR count). The van der Waals surface area contributed by atoms with Gasteiger partial charge in [-0.3, -0.25) is 9.59 Å². The highest BCUT2D eigenvalue weighted by Gasteiger charge is 2.10. The summed E-state index contributed by atoms with van der Waals surface area (Å²) in [6, 6.07) is 12.6. The largest absolute Gasteiger partial charge is 0.326 e. The van der Waals surface area contributed by atoms with Crippen LogP contribution in [0.25, 0.3) is 0 Å². The molecule has 2 aromatic rings. The number of benzene rings is 2. The first-order valence-corrected chi connectivity index (χ1v) is 7.25. The minimum Gasteiger partial charge on any atom is -0.326 e. The zero-order valence-corrected chi connectivity index (χ0v) is 13.2. The Balaban J connectivity index is 2.12. The Morgan fingerprint density at radius 1 is 1.00 bits per heavy atom. The van der Waals surface area contributed by atoms with Gasteiger partial charge in [-0.25, -0.2) is 0 Å². The molecule has 2 amide bonds. The predicted octanol–water partition coefficient (Wildman–Crippen LogP) is 3.79. The first kappa shape index (κ1) is 16.0. The fraction of sp³-hybridized carbons (Fsp3) is 0.176. The lowest BCUT2D eigenvalue weighted by atomic mass is 10.1. The molecular formula is C17H17ClN2O2. The van der Waals surface area contributed by atoms with Crippen molar-refractivity contribution in [1.82, 2.24) is 0 Å². The Morgan fingerprint density at radius 2 is 1.64 bits per heavy atom. The maximum atomic E-state index is 12.2. The van der Waals surface area contributed by atoms with E-state index in [2.05, 4.69) is 10.6 Å². The molecule has 0 aliphatic rings. The van der Waals surface area contributed by atoms with Crippen molar-refractivity contribution in [2.45, 2.75) is 20.3 Å². The van der Waals surface area contributed by atoms with Crippen molar-refractivity contribution in [1.29, 1.82) is 0 Å². The molecule has 5 heteroatoms. The molecule has 0 unspecified atom stereocenters. The minimum absolute atomic E-state index is 0.150. The number of anilines is 2. The molecule has 2 aromatic carbocycles. The highest BCUT2D eigenvalue weighted by atomic mass is 35.5. The number of carbonyl (C=O) groups excluding carboxylic acids is 2. The second-order valence-electron chi connectivity index (χ2n) is 4.98. The SMILES string of the molecule is CC(=O)Nc1cccc(NC(=O)Cc2ccccc2Cl)c1C. The van der Waals surface area contributed by atoms with E-state index < -0.39 is 0 Å². The van der Waals surface area contributed by atoms with E-state index in [1.807, 2.05) is 25.1 Å². The van der Waals surface area contributed by atoms with Crippen LogP contribution in [0.2, 0.25) is 5.02 Å². The van der Waals surface area contributed by atoms with Gasteiger partial charge in [-0.05, 0) is 36.2 Å². The quantitative estimate of drug-likeness (QED) is 0.901. The van der Waals surface area contributed by atoms with Gasteiger partial charge < -0.3 is 10.6 Å². The molecule has 22 heavy (non-hydrogen) atoms. The molecule has 0 bridgehead atoms. The number of halogens is 1. The molecular weight excluding hydrogens is 300 g/mol. The van der Waals surface area contributed by atoms with Crippen LogP contribution in [0.4, 0.5) is 11.4 Å². The second kappa shape index (κ2) is 7.09. The van der Waals surface area contributed by atoms with Crippen LogP contribution in [-0.2, 0) is 16.0 Å². The highest BCUT2D eigenvalue weighted by Crippen LogP contribution is 2.24. The standard InChI is InChI=1S/C17H17ClN2O2/c1-11-15(19-12(2)21)8-5-9-16(11)20-17(22)10-13-6-3-4-7-14(13)18/h3-9H,10H2,1-2H3,(H,19,21)(H,20,22). The lowest BCUT2D eigenvalue weighted by molar-refractivity contribution is -0.115. The van der Waals surface area contributed by atoms with E-state index >= 15 is 0 Å². The van der Waals surface area contributed by atoms with Crippen molar-refractivity contribution in [3.63, 3.8) is 0 Å². The first-order valence-electron chi connectivity index (χ1n) is 6.88. The fourth-order valence-corrected chi connectivity index (χ4v) is 2.31.